The van der Waals surface area contributed by atoms with Crippen molar-refractivity contribution in [1.82, 2.24) is 4.90 Å². The molecule has 3 heteroatoms. The first-order chi connectivity index (χ1) is 9.00. The number of Topliss-reactive ketones (excluding diaryl/α,β-unsaturated/α-hetero) is 1. The van der Waals surface area contributed by atoms with Gasteiger partial charge in [0.2, 0.25) is 0 Å². The first-order valence-electron chi connectivity index (χ1n) is 7.89. The van der Waals surface area contributed by atoms with E-state index in [1.54, 1.807) is 0 Å². The van der Waals surface area contributed by atoms with Gasteiger partial charge in [-0.25, -0.2) is 0 Å². The molecule has 2 fully saturated rings. The smallest absolute Gasteiger partial charge is 0.137 e. The lowest BCUT2D eigenvalue weighted by Gasteiger charge is -2.31. The maximum atomic E-state index is 12.1. The van der Waals surface area contributed by atoms with Crippen molar-refractivity contribution < 1.29 is 4.79 Å². The van der Waals surface area contributed by atoms with Crippen LogP contribution in [-0.4, -0.2) is 40.8 Å². The van der Waals surface area contributed by atoms with Gasteiger partial charge in [-0.15, -0.1) is 0 Å². The highest BCUT2D eigenvalue weighted by atomic mass is 32.2. The monoisotopic (exact) mass is 283 g/mol. The summed E-state index contributed by atoms with van der Waals surface area (Å²) in [5.74, 6) is 2.86. The van der Waals surface area contributed by atoms with Crippen LogP contribution in [0.4, 0.5) is 0 Å². The van der Waals surface area contributed by atoms with Gasteiger partial charge >= 0.3 is 0 Å². The SMILES string of the molecule is CCC1CCC(=O)C(CN2CCSC(C)(C)CC2)C1. The molecular weight excluding hydrogens is 254 g/mol. The highest BCUT2D eigenvalue weighted by Crippen LogP contribution is 2.33. The number of carbonyl (C=O) groups excluding carboxylic acids is 1. The molecule has 1 saturated heterocycles. The van der Waals surface area contributed by atoms with Gasteiger partial charge in [-0.2, -0.15) is 11.8 Å². The van der Waals surface area contributed by atoms with Crippen LogP contribution >= 0.6 is 11.8 Å². The van der Waals surface area contributed by atoms with E-state index in [1.807, 2.05) is 0 Å². The van der Waals surface area contributed by atoms with Crippen LogP contribution in [0.15, 0.2) is 0 Å². The lowest BCUT2D eigenvalue weighted by Crippen LogP contribution is -2.38. The van der Waals surface area contributed by atoms with E-state index in [9.17, 15) is 4.79 Å². The van der Waals surface area contributed by atoms with Gasteiger partial charge in [-0.05, 0) is 31.7 Å². The van der Waals surface area contributed by atoms with Crippen molar-refractivity contribution >= 4 is 17.5 Å². The van der Waals surface area contributed by atoms with E-state index in [-0.39, 0.29) is 0 Å². The van der Waals surface area contributed by atoms with E-state index in [4.69, 9.17) is 0 Å². The van der Waals surface area contributed by atoms with E-state index in [0.29, 0.717) is 16.4 Å². The lowest BCUT2D eigenvalue weighted by atomic mass is 9.79. The molecule has 0 aromatic heterocycles. The summed E-state index contributed by atoms with van der Waals surface area (Å²) >= 11 is 2.09. The molecule has 0 radical (unpaired) electrons. The van der Waals surface area contributed by atoms with Gasteiger partial charge in [0.15, 0.2) is 0 Å². The predicted molar refractivity (Wildman–Crippen MR) is 83.7 cm³/mol. The summed E-state index contributed by atoms with van der Waals surface area (Å²) in [6, 6.07) is 0. The molecule has 0 bridgehead atoms. The molecule has 2 atom stereocenters. The predicted octanol–water partition coefficient (Wildman–Crippen LogP) is 3.60. The molecule has 0 N–H and O–H groups in total. The lowest BCUT2D eigenvalue weighted by molar-refractivity contribution is -0.126. The van der Waals surface area contributed by atoms with Crippen molar-refractivity contribution in [3.63, 3.8) is 0 Å². The van der Waals surface area contributed by atoms with E-state index in [0.717, 1.165) is 38.3 Å². The van der Waals surface area contributed by atoms with Crippen molar-refractivity contribution in [2.24, 2.45) is 11.8 Å². The molecule has 1 aliphatic carbocycles. The number of thioether (sulfide) groups is 1. The maximum Gasteiger partial charge on any atom is 0.137 e. The number of rotatable bonds is 3. The minimum Gasteiger partial charge on any atom is -0.302 e. The first-order valence-corrected chi connectivity index (χ1v) is 8.88. The molecule has 0 spiro atoms. The third-order valence-electron chi connectivity index (χ3n) is 4.86. The molecule has 110 valence electrons. The van der Waals surface area contributed by atoms with Crippen LogP contribution in [-0.2, 0) is 4.79 Å². The Labute approximate surface area is 122 Å². The van der Waals surface area contributed by atoms with Crippen molar-refractivity contribution in [2.75, 3.05) is 25.4 Å². The topological polar surface area (TPSA) is 20.3 Å². The van der Waals surface area contributed by atoms with Gasteiger partial charge in [0.1, 0.15) is 5.78 Å². The third kappa shape index (κ3) is 4.49. The van der Waals surface area contributed by atoms with Crippen LogP contribution in [0.25, 0.3) is 0 Å². The quantitative estimate of drug-likeness (QED) is 0.789. The summed E-state index contributed by atoms with van der Waals surface area (Å²) in [7, 11) is 0. The van der Waals surface area contributed by atoms with Gasteiger partial charge in [-0.1, -0.05) is 27.2 Å². The Morgan fingerprint density at radius 2 is 2.16 bits per heavy atom. The molecule has 1 heterocycles. The average molecular weight is 283 g/mol. The average Bonchev–Trinajstić information content (AvgIpc) is 2.54. The maximum absolute atomic E-state index is 12.1. The molecule has 19 heavy (non-hydrogen) atoms. The highest BCUT2D eigenvalue weighted by molar-refractivity contribution is 8.00. The summed E-state index contributed by atoms with van der Waals surface area (Å²) in [5.41, 5.74) is 0. The largest absolute Gasteiger partial charge is 0.302 e. The van der Waals surface area contributed by atoms with Crippen molar-refractivity contribution in [1.29, 1.82) is 0 Å². The Kier molecular flexibility index (Phi) is 5.36. The first kappa shape index (κ1) is 15.4. The second-order valence-corrected chi connectivity index (χ2v) is 8.67. The van der Waals surface area contributed by atoms with Gasteiger partial charge in [-0.3, -0.25) is 4.79 Å². The van der Waals surface area contributed by atoms with E-state index in [1.165, 1.54) is 25.1 Å². The standard InChI is InChI=1S/C16H29NOS/c1-4-13-5-6-15(18)14(11-13)12-17-8-7-16(2,3)19-10-9-17/h13-14H,4-12H2,1-3H3. The number of carbonyl (C=O) groups is 1. The molecule has 2 rings (SSSR count). The fraction of sp³-hybridized carbons (Fsp3) is 0.938. The van der Waals surface area contributed by atoms with Crippen molar-refractivity contribution in [2.45, 2.75) is 57.6 Å². The minimum atomic E-state index is 0.324. The molecule has 0 aromatic rings. The van der Waals surface area contributed by atoms with E-state index >= 15 is 0 Å². The molecule has 0 amide bonds. The summed E-state index contributed by atoms with van der Waals surface area (Å²) in [6.07, 6.45) is 5.59. The fourth-order valence-corrected chi connectivity index (χ4v) is 4.44. The molecular formula is C16H29NOS. The number of nitrogens with zero attached hydrogens (tertiary/aromatic N) is 1. The third-order valence-corrected chi connectivity index (χ3v) is 6.23. The van der Waals surface area contributed by atoms with Crippen LogP contribution in [0.1, 0.15) is 52.9 Å². The van der Waals surface area contributed by atoms with Crippen molar-refractivity contribution in [3.05, 3.63) is 0 Å². The fourth-order valence-electron chi connectivity index (χ4n) is 3.31. The number of ketones is 1. The number of hydrogen-bond acceptors (Lipinski definition) is 3. The van der Waals surface area contributed by atoms with Crippen LogP contribution in [0.3, 0.4) is 0 Å². The van der Waals surface area contributed by atoms with Crippen LogP contribution in [0.2, 0.25) is 0 Å². The zero-order chi connectivity index (χ0) is 13.9. The van der Waals surface area contributed by atoms with Crippen LogP contribution < -0.4 is 0 Å². The van der Waals surface area contributed by atoms with Gasteiger partial charge < -0.3 is 4.90 Å². The molecule has 1 saturated carbocycles. The number of hydrogen-bond donors (Lipinski definition) is 0. The Bertz CT molecular complexity index is 316. The molecule has 2 unspecified atom stereocenters. The second kappa shape index (κ2) is 6.62. The summed E-state index contributed by atoms with van der Waals surface area (Å²) in [5, 5.41) is 0. The normalized spacial score (nSPS) is 33.1. The zero-order valence-corrected chi connectivity index (χ0v) is 13.6. The summed E-state index contributed by atoms with van der Waals surface area (Å²) < 4.78 is 0.414. The molecule has 2 nitrogen and oxygen atoms in total. The molecule has 1 aliphatic heterocycles. The summed E-state index contributed by atoms with van der Waals surface area (Å²) in [4.78, 5) is 14.7. The van der Waals surface area contributed by atoms with E-state index in [2.05, 4.69) is 37.4 Å². The van der Waals surface area contributed by atoms with Crippen molar-refractivity contribution in [3.8, 4) is 0 Å². The highest BCUT2D eigenvalue weighted by Gasteiger charge is 2.31. The minimum absolute atomic E-state index is 0.324. The Morgan fingerprint density at radius 3 is 2.89 bits per heavy atom. The Morgan fingerprint density at radius 1 is 1.37 bits per heavy atom. The van der Waals surface area contributed by atoms with E-state index < -0.39 is 0 Å². The van der Waals surface area contributed by atoms with Crippen LogP contribution in [0.5, 0.6) is 0 Å². The molecule has 2 aliphatic rings. The van der Waals surface area contributed by atoms with Gasteiger partial charge in [0, 0.05) is 35.9 Å². The Balaban J connectivity index is 1.87. The molecule has 0 aromatic carbocycles. The van der Waals surface area contributed by atoms with Gasteiger partial charge in [0.25, 0.3) is 0 Å². The second-order valence-electron chi connectivity index (χ2n) is 6.87. The van der Waals surface area contributed by atoms with Gasteiger partial charge in [0.05, 0.1) is 0 Å². The summed E-state index contributed by atoms with van der Waals surface area (Å²) in [6.45, 7) is 10.3. The van der Waals surface area contributed by atoms with Crippen LogP contribution in [0, 0.1) is 11.8 Å². The zero-order valence-electron chi connectivity index (χ0n) is 12.8. The Hall–Kier alpha value is -0.0200.